The lowest BCUT2D eigenvalue weighted by atomic mass is 9.87. The van der Waals surface area contributed by atoms with Crippen molar-refractivity contribution in [2.45, 2.75) is 20.0 Å². The molecule has 0 aliphatic heterocycles. The predicted molar refractivity (Wildman–Crippen MR) is 68.1 cm³/mol. The number of hydrogen-bond acceptors (Lipinski definition) is 7. The SMILES string of the molecule is COc1cc(OC)nc(OC(C(=O)O)C(C)(C)CO)n1. The third kappa shape index (κ3) is 3.70. The molecular formula is C12H18N2O6. The highest BCUT2D eigenvalue weighted by molar-refractivity contribution is 5.73. The minimum Gasteiger partial charge on any atom is -0.481 e. The van der Waals surface area contributed by atoms with Gasteiger partial charge in [-0.3, -0.25) is 0 Å². The molecule has 0 spiro atoms. The minimum atomic E-state index is -1.32. The van der Waals surface area contributed by atoms with Gasteiger partial charge in [0.1, 0.15) is 0 Å². The topological polar surface area (TPSA) is 111 Å². The first-order chi connectivity index (χ1) is 9.33. The van der Waals surface area contributed by atoms with E-state index in [0.29, 0.717) is 0 Å². The third-order valence-corrected chi connectivity index (χ3v) is 2.64. The predicted octanol–water partition coefficient (Wildman–Crippen LogP) is 0.344. The Labute approximate surface area is 116 Å². The first-order valence-corrected chi connectivity index (χ1v) is 5.81. The van der Waals surface area contributed by atoms with Crippen molar-refractivity contribution in [3.05, 3.63) is 6.07 Å². The normalized spacial score (nSPS) is 12.7. The molecule has 1 atom stereocenters. The van der Waals surface area contributed by atoms with Gasteiger partial charge < -0.3 is 24.4 Å². The van der Waals surface area contributed by atoms with Crippen LogP contribution in [0.5, 0.6) is 17.8 Å². The number of aliphatic hydroxyl groups excluding tert-OH is 1. The van der Waals surface area contributed by atoms with Crippen molar-refractivity contribution in [3.8, 4) is 17.8 Å². The molecule has 1 aromatic heterocycles. The molecule has 0 fully saturated rings. The van der Waals surface area contributed by atoms with Crippen molar-refractivity contribution >= 4 is 5.97 Å². The van der Waals surface area contributed by atoms with Crippen LogP contribution in [0, 0.1) is 5.41 Å². The van der Waals surface area contributed by atoms with Crippen molar-refractivity contribution < 1.29 is 29.2 Å². The van der Waals surface area contributed by atoms with E-state index in [1.807, 2.05) is 0 Å². The van der Waals surface area contributed by atoms with Gasteiger partial charge in [-0.25, -0.2) is 4.79 Å². The van der Waals surface area contributed by atoms with E-state index in [9.17, 15) is 15.0 Å². The fourth-order valence-electron chi connectivity index (χ4n) is 1.38. The standard InChI is InChI=1S/C12H18N2O6/c1-12(2,6-15)9(10(16)17)20-11-13-7(18-3)5-8(14-11)19-4/h5,9,15H,6H2,1-4H3,(H,16,17). The number of carboxylic acids is 1. The number of carbonyl (C=O) groups is 1. The molecule has 0 radical (unpaired) electrons. The second-order valence-corrected chi connectivity index (χ2v) is 4.72. The van der Waals surface area contributed by atoms with E-state index in [1.54, 1.807) is 13.8 Å². The van der Waals surface area contributed by atoms with Crippen LogP contribution in [0.25, 0.3) is 0 Å². The lowest BCUT2D eigenvalue weighted by molar-refractivity contribution is -0.152. The van der Waals surface area contributed by atoms with Gasteiger partial charge in [0.25, 0.3) is 0 Å². The molecule has 0 amide bonds. The second-order valence-electron chi connectivity index (χ2n) is 4.72. The van der Waals surface area contributed by atoms with Crippen LogP contribution in [0.2, 0.25) is 0 Å². The molecule has 20 heavy (non-hydrogen) atoms. The minimum absolute atomic E-state index is 0.179. The summed E-state index contributed by atoms with van der Waals surface area (Å²) >= 11 is 0. The van der Waals surface area contributed by atoms with Gasteiger partial charge in [-0.15, -0.1) is 0 Å². The van der Waals surface area contributed by atoms with E-state index >= 15 is 0 Å². The van der Waals surface area contributed by atoms with E-state index in [0.717, 1.165) is 0 Å². The largest absolute Gasteiger partial charge is 0.481 e. The average Bonchev–Trinajstić information content (AvgIpc) is 2.43. The quantitative estimate of drug-likeness (QED) is 0.738. The van der Waals surface area contributed by atoms with Crippen molar-refractivity contribution in [2.75, 3.05) is 20.8 Å². The van der Waals surface area contributed by atoms with Crippen LogP contribution >= 0.6 is 0 Å². The fourth-order valence-corrected chi connectivity index (χ4v) is 1.38. The Morgan fingerprint density at radius 1 is 1.30 bits per heavy atom. The van der Waals surface area contributed by atoms with Gasteiger partial charge >= 0.3 is 12.0 Å². The molecule has 1 rings (SSSR count). The zero-order valence-corrected chi connectivity index (χ0v) is 11.8. The van der Waals surface area contributed by atoms with Crippen molar-refractivity contribution in [3.63, 3.8) is 0 Å². The van der Waals surface area contributed by atoms with Crippen LogP contribution in [0.15, 0.2) is 6.07 Å². The van der Waals surface area contributed by atoms with Gasteiger partial charge in [-0.1, -0.05) is 13.8 Å². The Morgan fingerprint density at radius 2 is 1.80 bits per heavy atom. The number of methoxy groups -OCH3 is 2. The van der Waals surface area contributed by atoms with Crippen LogP contribution in [0.3, 0.4) is 0 Å². The summed E-state index contributed by atoms with van der Waals surface area (Å²) in [4.78, 5) is 19.0. The van der Waals surface area contributed by atoms with Crippen LogP contribution < -0.4 is 14.2 Å². The summed E-state index contributed by atoms with van der Waals surface area (Å²) in [6.45, 7) is 2.75. The van der Waals surface area contributed by atoms with Crippen LogP contribution in [0.4, 0.5) is 0 Å². The molecule has 0 aliphatic rings. The molecule has 8 nitrogen and oxygen atoms in total. The van der Waals surface area contributed by atoms with Crippen molar-refractivity contribution in [2.24, 2.45) is 5.41 Å². The van der Waals surface area contributed by atoms with Gasteiger partial charge in [0.2, 0.25) is 17.9 Å². The highest BCUT2D eigenvalue weighted by atomic mass is 16.5. The lowest BCUT2D eigenvalue weighted by Gasteiger charge is -2.28. The maximum absolute atomic E-state index is 11.3. The summed E-state index contributed by atoms with van der Waals surface area (Å²) in [6.07, 6.45) is -1.32. The number of rotatable bonds is 7. The molecule has 1 heterocycles. The summed E-state index contributed by atoms with van der Waals surface area (Å²) in [6, 6.07) is 1.23. The van der Waals surface area contributed by atoms with E-state index in [4.69, 9.17) is 14.2 Å². The molecule has 1 aromatic rings. The lowest BCUT2D eigenvalue weighted by Crippen LogP contribution is -2.43. The molecule has 1 unspecified atom stereocenters. The Bertz CT molecular complexity index is 455. The Hall–Kier alpha value is -2.09. The molecule has 112 valence electrons. The first-order valence-electron chi connectivity index (χ1n) is 5.81. The summed E-state index contributed by atoms with van der Waals surface area (Å²) in [7, 11) is 2.80. The maximum atomic E-state index is 11.3. The molecule has 8 heteroatoms. The fraction of sp³-hybridized carbons (Fsp3) is 0.583. The van der Waals surface area contributed by atoms with Gasteiger partial charge in [0, 0.05) is 5.41 Å². The highest BCUT2D eigenvalue weighted by Gasteiger charge is 2.38. The monoisotopic (exact) mass is 286 g/mol. The van der Waals surface area contributed by atoms with Crippen molar-refractivity contribution in [1.82, 2.24) is 9.97 Å². The summed E-state index contributed by atoms with van der Waals surface area (Å²) in [5.41, 5.74) is -1.01. The number of ether oxygens (including phenoxy) is 3. The smallest absolute Gasteiger partial charge is 0.345 e. The Kier molecular flexibility index (Phi) is 5.09. The Morgan fingerprint density at radius 3 is 2.15 bits per heavy atom. The number of aliphatic hydroxyl groups is 1. The third-order valence-electron chi connectivity index (χ3n) is 2.64. The first kappa shape index (κ1) is 16.0. The number of aliphatic carboxylic acids is 1. The second kappa shape index (κ2) is 6.38. The van der Waals surface area contributed by atoms with E-state index in [1.165, 1.54) is 20.3 Å². The summed E-state index contributed by atoms with van der Waals surface area (Å²) < 4.78 is 15.2. The van der Waals surface area contributed by atoms with E-state index in [-0.39, 0.29) is 24.4 Å². The van der Waals surface area contributed by atoms with Gasteiger partial charge in [0.15, 0.2) is 0 Å². The number of aromatic nitrogens is 2. The van der Waals surface area contributed by atoms with Crippen LogP contribution in [-0.4, -0.2) is 53.1 Å². The zero-order chi connectivity index (χ0) is 15.3. The highest BCUT2D eigenvalue weighted by Crippen LogP contribution is 2.26. The summed E-state index contributed by atoms with van der Waals surface area (Å²) in [5.74, 6) is -0.870. The van der Waals surface area contributed by atoms with Gasteiger partial charge in [-0.2, -0.15) is 9.97 Å². The van der Waals surface area contributed by atoms with E-state index < -0.39 is 17.5 Å². The molecule has 0 aliphatic carbocycles. The average molecular weight is 286 g/mol. The van der Waals surface area contributed by atoms with Crippen molar-refractivity contribution in [1.29, 1.82) is 0 Å². The maximum Gasteiger partial charge on any atom is 0.345 e. The van der Waals surface area contributed by atoms with Gasteiger partial charge in [-0.05, 0) is 0 Å². The van der Waals surface area contributed by atoms with Crippen LogP contribution in [0.1, 0.15) is 13.8 Å². The van der Waals surface area contributed by atoms with Gasteiger partial charge in [0.05, 0.1) is 26.9 Å². The Balaban J connectivity index is 3.08. The molecule has 0 saturated heterocycles. The molecule has 2 N–H and O–H groups in total. The molecule has 0 bridgehead atoms. The number of carboxylic acid groups (broad SMARTS) is 1. The zero-order valence-electron chi connectivity index (χ0n) is 11.8. The number of hydrogen-bond donors (Lipinski definition) is 2. The summed E-state index contributed by atoms with van der Waals surface area (Å²) in [5, 5.41) is 18.5. The molecular weight excluding hydrogens is 268 g/mol. The van der Waals surface area contributed by atoms with E-state index in [2.05, 4.69) is 9.97 Å². The molecule has 0 saturated carbocycles. The number of nitrogens with zero attached hydrogens (tertiary/aromatic N) is 2. The van der Waals surface area contributed by atoms with Crippen LogP contribution in [-0.2, 0) is 4.79 Å². The molecule has 0 aromatic carbocycles.